The zero-order valence-electron chi connectivity index (χ0n) is 18.9. The fourth-order valence-electron chi connectivity index (χ4n) is 3.20. The van der Waals surface area contributed by atoms with Gasteiger partial charge in [0.25, 0.3) is 0 Å². The minimum atomic E-state index is -0.900. The summed E-state index contributed by atoms with van der Waals surface area (Å²) in [5.41, 5.74) is 1.05. The number of nitrogens with zero attached hydrogens (tertiary/aromatic N) is 3. The minimum Gasteiger partial charge on any atom is -0.480 e. The van der Waals surface area contributed by atoms with Gasteiger partial charge in [-0.05, 0) is 55.8 Å². The molecule has 4 aromatic rings. The molecule has 0 bridgehead atoms. The summed E-state index contributed by atoms with van der Waals surface area (Å²) in [5.74, 6) is 1.80. The van der Waals surface area contributed by atoms with Crippen molar-refractivity contribution in [3.05, 3.63) is 96.7 Å². The average molecular weight is 476 g/mol. The number of carbonyl (C=O) groups is 1. The lowest BCUT2D eigenvalue weighted by Gasteiger charge is -2.23. The highest BCUT2D eigenvalue weighted by Gasteiger charge is 2.28. The first kappa shape index (κ1) is 23.4. The van der Waals surface area contributed by atoms with Gasteiger partial charge in [0.2, 0.25) is 5.88 Å². The number of carboxylic acid groups (broad SMARTS) is 1. The van der Waals surface area contributed by atoms with Crippen LogP contribution in [-0.2, 0) is 17.9 Å². The van der Waals surface area contributed by atoms with Crippen molar-refractivity contribution in [3.63, 3.8) is 0 Å². The molecule has 0 aliphatic rings. The van der Waals surface area contributed by atoms with E-state index in [9.17, 15) is 9.90 Å². The number of furan rings is 1. The van der Waals surface area contributed by atoms with Gasteiger partial charge in [-0.15, -0.1) is 11.8 Å². The first-order valence-electron chi connectivity index (χ1n) is 10.7. The molecule has 0 atom stereocenters. The van der Waals surface area contributed by atoms with Crippen molar-refractivity contribution in [2.45, 2.75) is 36.6 Å². The second-order valence-corrected chi connectivity index (χ2v) is 9.82. The Kier molecular flexibility index (Phi) is 7.18. The molecule has 0 saturated carbocycles. The second-order valence-electron chi connectivity index (χ2n) is 8.13. The average Bonchev–Trinajstić information content (AvgIpc) is 3.34. The van der Waals surface area contributed by atoms with Gasteiger partial charge in [0.1, 0.15) is 28.4 Å². The van der Waals surface area contributed by atoms with Crippen LogP contribution >= 0.6 is 11.8 Å². The lowest BCUT2D eigenvalue weighted by molar-refractivity contribution is -0.138. The summed E-state index contributed by atoms with van der Waals surface area (Å²) in [6.07, 6.45) is 3.13. The SMILES string of the molecule is CC(C)(Sc1ccc(CN(Cc2ccco2)c2cc(Oc3ccccc3)ncn2)cc1)C(=O)O. The van der Waals surface area contributed by atoms with Crippen LogP contribution in [0.15, 0.2) is 94.7 Å². The maximum absolute atomic E-state index is 11.4. The molecular weight excluding hydrogens is 450 g/mol. The Hall–Kier alpha value is -3.78. The summed E-state index contributed by atoms with van der Waals surface area (Å²) in [4.78, 5) is 23.1. The summed E-state index contributed by atoms with van der Waals surface area (Å²) < 4.78 is 10.6. The summed E-state index contributed by atoms with van der Waals surface area (Å²) in [7, 11) is 0. The number of thioether (sulfide) groups is 1. The molecule has 0 spiro atoms. The van der Waals surface area contributed by atoms with E-state index in [1.54, 1.807) is 26.2 Å². The molecule has 8 heteroatoms. The van der Waals surface area contributed by atoms with Gasteiger partial charge in [-0.2, -0.15) is 0 Å². The van der Waals surface area contributed by atoms with Crippen LogP contribution in [0.5, 0.6) is 11.6 Å². The van der Waals surface area contributed by atoms with Crippen molar-refractivity contribution < 1.29 is 19.1 Å². The number of ether oxygens (including phenoxy) is 1. The number of carboxylic acids is 1. The topological polar surface area (TPSA) is 88.7 Å². The monoisotopic (exact) mass is 475 g/mol. The van der Waals surface area contributed by atoms with Crippen molar-refractivity contribution in [2.75, 3.05) is 4.90 Å². The van der Waals surface area contributed by atoms with E-state index in [0.29, 0.717) is 30.5 Å². The Morgan fingerprint density at radius 3 is 2.47 bits per heavy atom. The standard InChI is InChI=1S/C26H25N3O4S/c1-26(2,25(30)31)34-22-12-10-19(11-13-22)16-29(17-21-9-6-14-32-21)23-15-24(28-18-27-23)33-20-7-4-3-5-8-20/h3-15,18H,16-17H2,1-2H3,(H,30,31). The minimum absolute atomic E-state index is 0.447. The van der Waals surface area contributed by atoms with Gasteiger partial charge in [-0.1, -0.05) is 30.3 Å². The van der Waals surface area contributed by atoms with E-state index in [2.05, 4.69) is 14.9 Å². The maximum atomic E-state index is 11.4. The third-order valence-corrected chi connectivity index (χ3v) is 6.22. The zero-order valence-corrected chi connectivity index (χ0v) is 19.7. The van der Waals surface area contributed by atoms with E-state index in [1.807, 2.05) is 66.7 Å². The summed E-state index contributed by atoms with van der Waals surface area (Å²) >= 11 is 1.32. The van der Waals surface area contributed by atoms with Crippen molar-refractivity contribution in [1.82, 2.24) is 9.97 Å². The maximum Gasteiger partial charge on any atom is 0.319 e. The molecule has 34 heavy (non-hydrogen) atoms. The normalized spacial score (nSPS) is 11.2. The quantitative estimate of drug-likeness (QED) is 0.278. The second kappa shape index (κ2) is 10.4. The number of aliphatic carboxylic acids is 1. The van der Waals surface area contributed by atoms with E-state index in [4.69, 9.17) is 9.15 Å². The van der Waals surface area contributed by atoms with Crippen molar-refractivity contribution in [1.29, 1.82) is 0 Å². The molecule has 2 aromatic heterocycles. The van der Waals surface area contributed by atoms with Crippen molar-refractivity contribution >= 4 is 23.5 Å². The van der Waals surface area contributed by atoms with Gasteiger partial charge in [-0.25, -0.2) is 9.97 Å². The molecule has 0 unspecified atom stereocenters. The van der Waals surface area contributed by atoms with E-state index >= 15 is 0 Å². The predicted octanol–water partition coefficient (Wildman–Crippen LogP) is 6.02. The molecular formula is C26H25N3O4S. The fraction of sp³-hybridized carbons (Fsp3) is 0.192. The summed E-state index contributed by atoms with van der Waals surface area (Å²) in [6, 6.07) is 22.9. The van der Waals surface area contributed by atoms with Crippen LogP contribution in [0.1, 0.15) is 25.2 Å². The Balaban J connectivity index is 1.54. The third kappa shape index (κ3) is 6.17. The van der Waals surface area contributed by atoms with Crippen LogP contribution in [0.4, 0.5) is 5.82 Å². The van der Waals surface area contributed by atoms with Gasteiger partial charge < -0.3 is 19.2 Å². The van der Waals surface area contributed by atoms with Gasteiger partial charge in [-0.3, -0.25) is 4.79 Å². The van der Waals surface area contributed by atoms with Gasteiger partial charge in [0.05, 0.1) is 12.8 Å². The molecule has 0 fully saturated rings. The lowest BCUT2D eigenvalue weighted by atomic mass is 10.2. The first-order chi connectivity index (χ1) is 16.4. The molecule has 2 heterocycles. The van der Waals surface area contributed by atoms with Crippen molar-refractivity contribution in [3.8, 4) is 11.6 Å². The van der Waals surface area contributed by atoms with Gasteiger partial charge in [0, 0.05) is 17.5 Å². The number of hydrogen-bond donors (Lipinski definition) is 1. The molecule has 0 saturated heterocycles. The molecule has 2 aromatic carbocycles. The third-order valence-electron chi connectivity index (χ3n) is 5.03. The van der Waals surface area contributed by atoms with Crippen LogP contribution < -0.4 is 9.64 Å². The molecule has 0 amide bonds. The molecule has 7 nitrogen and oxygen atoms in total. The van der Waals surface area contributed by atoms with E-state index in [1.165, 1.54) is 18.1 Å². The Labute approximate surface area is 202 Å². The Morgan fingerprint density at radius 2 is 1.79 bits per heavy atom. The van der Waals surface area contributed by atoms with E-state index in [0.717, 1.165) is 16.2 Å². The molecule has 4 rings (SSSR count). The number of rotatable bonds is 10. The zero-order chi connectivity index (χ0) is 24.0. The largest absolute Gasteiger partial charge is 0.480 e. The molecule has 174 valence electrons. The first-order valence-corrected chi connectivity index (χ1v) is 11.5. The van der Waals surface area contributed by atoms with Crippen LogP contribution in [0.25, 0.3) is 0 Å². The fourth-order valence-corrected chi connectivity index (χ4v) is 4.15. The molecule has 0 aliphatic carbocycles. The van der Waals surface area contributed by atoms with Crippen LogP contribution in [0.2, 0.25) is 0 Å². The number of benzene rings is 2. The smallest absolute Gasteiger partial charge is 0.319 e. The van der Waals surface area contributed by atoms with Gasteiger partial charge in [0.15, 0.2) is 0 Å². The molecule has 0 aliphatic heterocycles. The lowest BCUT2D eigenvalue weighted by Crippen LogP contribution is -2.26. The van der Waals surface area contributed by atoms with Crippen LogP contribution in [-0.4, -0.2) is 25.8 Å². The summed E-state index contributed by atoms with van der Waals surface area (Å²) in [5, 5.41) is 9.38. The van der Waals surface area contributed by atoms with E-state index < -0.39 is 10.7 Å². The highest BCUT2D eigenvalue weighted by atomic mass is 32.2. The number of para-hydroxylation sites is 1. The Bertz CT molecular complexity index is 1210. The van der Waals surface area contributed by atoms with Crippen LogP contribution in [0, 0.1) is 0 Å². The highest BCUT2D eigenvalue weighted by Crippen LogP contribution is 2.33. The number of aromatic nitrogens is 2. The number of anilines is 1. The van der Waals surface area contributed by atoms with E-state index in [-0.39, 0.29) is 0 Å². The highest BCUT2D eigenvalue weighted by molar-refractivity contribution is 8.01. The molecule has 1 N–H and O–H groups in total. The predicted molar refractivity (Wildman–Crippen MR) is 131 cm³/mol. The van der Waals surface area contributed by atoms with Gasteiger partial charge >= 0.3 is 5.97 Å². The summed E-state index contributed by atoms with van der Waals surface area (Å²) in [6.45, 7) is 4.47. The van der Waals surface area contributed by atoms with Crippen LogP contribution in [0.3, 0.4) is 0 Å². The number of hydrogen-bond acceptors (Lipinski definition) is 7. The Morgan fingerprint density at radius 1 is 1.03 bits per heavy atom. The molecule has 0 radical (unpaired) electrons. The van der Waals surface area contributed by atoms with Crippen molar-refractivity contribution in [2.24, 2.45) is 0 Å².